The van der Waals surface area contributed by atoms with Crippen molar-refractivity contribution >= 4 is 35.1 Å². The molecule has 0 aromatic carbocycles. The van der Waals surface area contributed by atoms with E-state index in [4.69, 9.17) is 28.9 Å². The van der Waals surface area contributed by atoms with Gasteiger partial charge in [0.2, 0.25) is 6.10 Å². The van der Waals surface area contributed by atoms with Crippen LogP contribution in [0, 0.1) is 0 Å². The molecule has 1 heterocycles. The van der Waals surface area contributed by atoms with E-state index in [0.717, 1.165) is 0 Å². The minimum absolute atomic E-state index is 0.149. The highest BCUT2D eigenvalue weighted by atomic mass is 35.5. The second kappa shape index (κ2) is 2.71. The maximum absolute atomic E-state index is 10.6. The van der Waals surface area contributed by atoms with Gasteiger partial charge in [-0.15, -0.1) is 0 Å². The van der Waals surface area contributed by atoms with Gasteiger partial charge in [-0.1, -0.05) is 23.2 Å². The van der Waals surface area contributed by atoms with Gasteiger partial charge in [-0.3, -0.25) is 4.79 Å². The molecule has 0 radical (unpaired) electrons. The molecular formula is C5H3Cl2NO3. The molecule has 11 heavy (non-hydrogen) atoms. The molecule has 0 aromatic heterocycles. The Morgan fingerprint density at radius 3 is 2.27 bits per heavy atom. The zero-order chi connectivity index (χ0) is 8.59. The van der Waals surface area contributed by atoms with Crippen LogP contribution in [0.15, 0.2) is 10.1 Å². The van der Waals surface area contributed by atoms with E-state index >= 15 is 0 Å². The molecule has 0 fully saturated rings. The number of esters is 1. The van der Waals surface area contributed by atoms with Gasteiger partial charge >= 0.3 is 5.97 Å². The monoisotopic (exact) mass is 195 g/mol. The predicted octanol–water partition coefficient (Wildman–Crippen LogP) is 0.0863. The maximum Gasteiger partial charge on any atom is 0.352 e. The third kappa shape index (κ3) is 1.32. The number of hydrogen-bond acceptors (Lipinski definition) is 3. The first kappa shape index (κ1) is 8.36. The van der Waals surface area contributed by atoms with Gasteiger partial charge in [0.15, 0.2) is 0 Å². The van der Waals surface area contributed by atoms with Crippen LogP contribution < -0.4 is 5.73 Å². The lowest BCUT2D eigenvalue weighted by Crippen LogP contribution is -2.29. The number of primary amides is 1. The summed E-state index contributed by atoms with van der Waals surface area (Å²) in [6, 6.07) is 0. The van der Waals surface area contributed by atoms with Gasteiger partial charge in [-0.05, 0) is 0 Å². The zero-order valence-corrected chi connectivity index (χ0v) is 6.65. The number of rotatable bonds is 1. The van der Waals surface area contributed by atoms with Crippen molar-refractivity contribution in [1.29, 1.82) is 0 Å². The van der Waals surface area contributed by atoms with E-state index < -0.39 is 18.0 Å². The largest absolute Gasteiger partial charge is 0.442 e. The summed E-state index contributed by atoms with van der Waals surface area (Å²) in [5.41, 5.74) is 4.82. The summed E-state index contributed by atoms with van der Waals surface area (Å²) in [4.78, 5) is 21.1. The fourth-order valence-corrected chi connectivity index (χ4v) is 0.979. The van der Waals surface area contributed by atoms with E-state index in [1.807, 2.05) is 0 Å². The number of ether oxygens (including phenoxy) is 1. The molecule has 60 valence electrons. The Bertz CT molecular complexity index is 260. The first-order valence-corrected chi connectivity index (χ1v) is 3.35. The number of amides is 1. The highest BCUT2D eigenvalue weighted by molar-refractivity contribution is 6.49. The molecule has 0 aliphatic carbocycles. The van der Waals surface area contributed by atoms with E-state index in [-0.39, 0.29) is 10.1 Å². The van der Waals surface area contributed by atoms with Gasteiger partial charge in [-0.25, -0.2) is 4.79 Å². The lowest BCUT2D eigenvalue weighted by molar-refractivity contribution is -0.145. The van der Waals surface area contributed by atoms with Crippen LogP contribution in [0.5, 0.6) is 0 Å². The first-order valence-electron chi connectivity index (χ1n) is 2.59. The molecule has 2 N–H and O–H groups in total. The van der Waals surface area contributed by atoms with E-state index in [0.29, 0.717) is 0 Å². The summed E-state index contributed by atoms with van der Waals surface area (Å²) in [7, 11) is 0. The van der Waals surface area contributed by atoms with Crippen LogP contribution >= 0.6 is 23.2 Å². The van der Waals surface area contributed by atoms with Gasteiger partial charge in [0.05, 0.1) is 5.03 Å². The first-order chi connectivity index (χ1) is 5.04. The highest BCUT2D eigenvalue weighted by Crippen LogP contribution is 2.28. The Labute approximate surface area is 71.9 Å². The van der Waals surface area contributed by atoms with Crippen molar-refractivity contribution in [3.8, 4) is 0 Å². The van der Waals surface area contributed by atoms with Crippen molar-refractivity contribution in [3.05, 3.63) is 10.1 Å². The van der Waals surface area contributed by atoms with Crippen molar-refractivity contribution in [2.45, 2.75) is 6.10 Å². The SMILES string of the molecule is NC(=O)C1OC(=O)C(Cl)=C1Cl. The van der Waals surface area contributed by atoms with E-state index in [2.05, 4.69) is 4.74 Å². The summed E-state index contributed by atoms with van der Waals surface area (Å²) in [5, 5.41) is -0.431. The van der Waals surface area contributed by atoms with Crippen LogP contribution in [0.25, 0.3) is 0 Å². The molecule has 6 heteroatoms. The molecular weight excluding hydrogens is 193 g/mol. The molecule has 0 aromatic rings. The molecule has 1 amide bonds. The van der Waals surface area contributed by atoms with Gasteiger partial charge in [0.1, 0.15) is 5.03 Å². The van der Waals surface area contributed by atoms with Crippen molar-refractivity contribution in [3.63, 3.8) is 0 Å². The lowest BCUT2D eigenvalue weighted by Gasteiger charge is -2.02. The average molecular weight is 196 g/mol. The fraction of sp³-hybridized carbons (Fsp3) is 0.200. The molecule has 1 aliphatic heterocycles. The summed E-state index contributed by atoms with van der Waals surface area (Å²) < 4.78 is 4.40. The van der Waals surface area contributed by atoms with E-state index in [1.165, 1.54) is 0 Å². The molecule has 1 unspecified atom stereocenters. The number of nitrogens with two attached hydrogens (primary N) is 1. The summed E-state index contributed by atoms with van der Waals surface area (Å²) >= 11 is 10.7. The maximum atomic E-state index is 10.6. The number of hydrogen-bond donors (Lipinski definition) is 1. The van der Waals surface area contributed by atoms with Crippen LogP contribution in [0.4, 0.5) is 0 Å². The van der Waals surface area contributed by atoms with Gasteiger partial charge in [-0.2, -0.15) is 0 Å². The van der Waals surface area contributed by atoms with Crippen molar-refractivity contribution in [2.75, 3.05) is 0 Å². The van der Waals surface area contributed by atoms with E-state index in [1.54, 1.807) is 0 Å². The van der Waals surface area contributed by atoms with Crippen LogP contribution in [0.1, 0.15) is 0 Å². The summed E-state index contributed by atoms with van der Waals surface area (Å²) in [6.45, 7) is 0. The minimum atomic E-state index is -1.21. The van der Waals surface area contributed by atoms with E-state index in [9.17, 15) is 9.59 Å². The Hall–Kier alpha value is -0.740. The third-order valence-electron chi connectivity index (χ3n) is 1.10. The molecule has 0 spiro atoms. The predicted molar refractivity (Wildman–Crippen MR) is 37.8 cm³/mol. The molecule has 1 rings (SSSR count). The quantitative estimate of drug-likeness (QED) is 0.604. The molecule has 4 nitrogen and oxygen atoms in total. The molecule has 1 aliphatic rings. The van der Waals surface area contributed by atoms with Crippen LogP contribution in [-0.4, -0.2) is 18.0 Å². The zero-order valence-electron chi connectivity index (χ0n) is 5.14. The third-order valence-corrected chi connectivity index (χ3v) is 1.94. The van der Waals surface area contributed by atoms with Crippen LogP contribution in [0.2, 0.25) is 0 Å². The average Bonchev–Trinajstić information content (AvgIpc) is 2.17. The van der Waals surface area contributed by atoms with Crippen LogP contribution in [-0.2, 0) is 14.3 Å². The normalized spacial score (nSPS) is 23.8. The minimum Gasteiger partial charge on any atom is -0.442 e. The standard InChI is InChI=1S/C5H3Cl2NO3/c6-1-2(7)5(10)11-3(1)4(8)9/h3H,(H2,8,9). The Morgan fingerprint density at radius 1 is 1.55 bits per heavy atom. The fourth-order valence-electron chi connectivity index (χ4n) is 0.606. The Kier molecular flexibility index (Phi) is 2.06. The number of halogens is 2. The summed E-state index contributed by atoms with van der Waals surface area (Å²) in [5.74, 6) is -1.65. The van der Waals surface area contributed by atoms with Gasteiger partial charge < -0.3 is 10.5 Å². The number of carbonyl (C=O) groups excluding carboxylic acids is 2. The molecule has 0 saturated heterocycles. The second-order valence-electron chi connectivity index (χ2n) is 1.85. The molecule has 0 bridgehead atoms. The van der Waals surface area contributed by atoms with Gasteiger partial charge in [0.25, 0.3) is 5.91 Å². The van der Waals surface area contributed by atoms with Crippen molar-refractivity contribution in [2.24, 2.45) is 5.73 Å². The topological polar surface area (TPSA) is 69.4 Å². The molecule has 0 saturated carbocycles. The van der Waals surface area contributed by atoms with Crippen LogP contribution in [0.3, 0.4) is 0 Å². The number of carbonyl (C=O) groups is 2. The lowest BCUT2D eigenvalue weighted by atomic mass is 10.3. The second-order valence-corrected chi connectivity index (χ2v) is 2.63. The number of cyclic esters (lactones) is 1. The van der Waals surface area contributed by atoms with Gasteiger partial charge in [0, 0.05) is 0 Å². The Morgan fingerprint density at radius 2 is 2.09 bits per heavy atom. The highest BCUT2D eigenvalue weighted by Gasteiger charge is 2.35. The smallest absolute Gasteiger partial charge is 0.352 e. The Balaban J connectivity index is 2.95. The molecule has 1 atom stereocenters. The van der Waals surface area contributed by atoms with Crippen molar-refractivity contribution < 1.29 is 14.3 Å². The summed E-state index contributed by atoms with van der Waals surface area (Å²) in [6.07, 6.45) is -1.21. The van der Waals surface area contributed by atoms with Crippen molar-refractivity contribution in [1.82, 2.24) is 0 Å².